The van der Waals surface area contributed by atoms with Crippen LogP contribution >= 0.6 is 11.3 Å². The van der Waals surface area contributed by atoms with E-state index in [0.717, 1.165) is 42.3 Å². The maximum atomic E-state index is 13.5. The van der Waals surface area contributed by atoms with E-state index < -0.39 is 10.0 Å². The second kappa shape index (κ2) is 10.8. The molecule has 2 aliphatic rings. The molecule has 1 atom stereocenters. The first-order chi connectivity index (χ1) is 17.7. The van der Waals surface area contributed by atoms with E-state index in [9.17, 15) is 12.8 Å². The first-order valence-electron chi connectivity index (χ1n) is 12.7. The number of piperidine rings is 1. The lowest BCUT2D eigenvalue weighted by Gasteiger charge is -2.33. The molecule has 2 aromatic heterocycles. The molecule has 3 aromatic rings. The normalized spacial score (nSPS) is 19.4. The van der Waals surface area contributed by atoms with Crippen LogP contribution in [0.15, 0.2) is 47.2 Å². The molecule has 12 heteroatoms. The van der Waals surface area contributed by atoms with Crippen molar-refractivity contribution >= 4 is 26.5 Å². The first kappa shape index (κ1) is 26.2. The topological polar surface area (TPSA) is 91.6 Å². The smallest absolute Gasteiger partial charge is 0.327 e. The molecule has 37 heavy (non-hydrogen) atoms. The van der Waals surface area contributed by atoms with Gasteiger partial charge in [-0.2, -0.15) is 4.31 Å². The summed E-state index contributed by atoms with van der Waals surface area (Å²) in [7, 11) is -1.64. The second-order valence-electron chi connectivity index (χ2n) is 9.97. The number of aryl methyl sites for hydroxylation is 1. The Morgan fingerprint density at radius 2 is 1.81 bits per heavy atom. The number of aromatic nitrogens is 3. The number of imidazole rings is 1. The average molecular weight is 549 g/mol. The van der Waals surface area contributed by atoms with Crippen LogP contribution in [-0.2, 0) is 23.6 Å². The van der Waals surface area contributed by atoms with E-state index in [2.05, 4.69) is 26.3 Å². The maximum Gasteiger partial charge on any atom is 0.337 e. The molecule has 1 unspecified atom stereocenters. The SMILES string of the molecule is CC(c1ccc(F)cc1)n1cncc1CN1CCN(S(=O)(=O)c2c[n+](C)c(N3CCC(N)CC3)s2)CC1. The number of thiazole rings is 1. The Bertz CT molecular complexity index is 1310. The number of anilines is 1. The number of piperazine rings is 1. The van der Waals surface area contributed by atoms with E-state index in [1.807, 2.05) is 17.8 Å². The van der Waals surface area contributed by atoms with Gasteiger partial charge in [-0.05, 0) is 36.0 Å². The summed E-state index contributed by atoms with van der Waals surface area (Å²) in [6, 6.07) is 6.78. The molecule has 2 fully saturated rings. The molecule has 4 heterocycles. The molecule has 2 aliphatic heterocycles. The molecule has 9 nitrogen and oxygen atoms in total. The molecule has 1 aromatic carbocycles. The van der Waals surface area contributed by atoms with Gasteiger partial charge in [0.2, 0.25) is 0 Å². The third kappa shape index (κ3) is 5.58. The van der Waals surface area contributed by atoms with Crippen molar-refractivity contribution in [3.8, 4) is 0 Å². The summed E-state index contributed by atoms with van der Waals surface area (Å²) in [4.78, 5) is 8.84. The number of sulfonamides is 1. The maximum absolute atomic E-state index is 13.5. The number of hydrogen-bond donors (Lipinski definition) is 1. The molecule has 0 saturated carbocycles. The van der Waals surface area contributed by atoms with Gasteiger partial charge in [0.1, 0.15) is 12.0 Å². The molecule has 0 bridgehead atoms. The lowest BCUT2D eigenvalue weighted by Crippen LogP contribution is -2.48. The number of nitrogens with two attached hydrogens (primary N) is 1. The number of nitrogens with zero attached hydrogens (tertiary/aromatic N) is 6. The fourth-order valence-corrected chi connectivity index (χ4v) is 8.14. The zero-order chi connectivity index (χ0) is 26.2. The fraction of sp³-hybridized carbons (Fsp3) is 0.520. The molecule has 0 amide bonds. The zero-order valence-electron chi connectivity index (χ0n) is 21.3. The Hall–Kier alpha value is -2.38. The summed E-state index contributed by atoms with van der Waals surface area (Å²) in [6.07, 6.45) is 7.23. The van der Waals surface area contributed by atoms with Gasteiger partial charge in [0.25, 0.3) is 10.0 Å². The summed E-state index contributed by atoms with van der Waals surface area (Å²) in [5.41, 5.74) is 8.09. The fourth-order valence-electron chi connectivity index (χ4n) is 5.09. The summed E-state index contributed by atoms with van der Waals surface area (Å²) < 4.78 is 46.3. The minimum absolute atomic E-state index is 0.0178. The van der Waals surface area contributed by atoms with Crippen LogP contribution < -0.4 is 15.2 Å². The summed E-state index contributed by atoms with van der Waals surface area (Å²) >= 11 is 1.35. The van der Waals surface area contributed by atoms with Crippen LogP contribution in [0, 0.1) is 5.82 Å². The predicted molar refractivity (Wildman–Crippen MR) is 141 cm³/mol. The van der Waals surface area contributed by atoms with E-state index in [4.69, 9.17) is 5.73 Å². The summed E-state index contributed by atoms with van der Waals surface area (Å²) in [6.45, 7) is 6.62. The van der Waals surface area contributed by atoms with Crippen LogP contribution in [0.3, 0.4) is 0 Å². The van der Waals surface area contributed by atoms with Crippen LogP contribution in [0.4, 0.5) is 9.52 Å². The highest BCUT2D eigenvalue weighted by atomic mass is 32.2. The number of benzene rings is 1. The Balaban J connectivity index is 1.21. The minimum Gasteiger partial charge on any atom is -0.327 e. The van der Waals surface area contributed by atoms with Gasteiger partial charge in [0, 0.05) is 57.8 Å². The van der Waals surface area contributed by atoms with Gasteiger partial charge in [0.05, 0.1) is 38.2 Å². The molecule has 200 valence electrons. The molecule has 0 radical (unpaired) electrons. The number of hydrogen-bond acceptors (Lipinski definition) is 7. The van der Waals surface area contributed by atoms with Gasteiger partial charge in [-0.15, -0.1) is 0 Å². The Labute approximate surface area is 222 Å². The largest absolute Gasteiger partial charge is 0.337 e. The zero-order valence-corrected chi connectivity index (χ0v) is 23.0. The highest BCUT2D eigenvalue weighted by molar-refractivity contribution is 7.91. The van der Waals surface area contributed by atoms with Gasteiger partial charge >= 0.3 is 5.13 Å². The van der Waals surface area contributed by atoms with E-state index in [0.29, 0.717) is 36.9 Å². The van der Waals surface area contributed by atoms with Gasteiger partial charge in [-0.3, -0.25) is 9.80 Å². The lowest BCUT2D eigenvalue weighted by atomic mass is 10.1. The molecular formula is C25H35FN7O2S2+. The Kier molecular flexibility index (Phi) is 7.64. The van der Waals surface area contributed by atoms with Gasteiger partial charge in [0.15, 0.2) is 4.21 Å². The van der Waals surface area contributed by atoms with Crippen molar-refractivity contribution in [2.45, 2.75) is 42.6 Å². The van der Waals surface area contributed by atoms with Crippen LogP contribution in [0.25, 0.3) is 0 Å². The van der Waals surface area contributed by atoms with Crippen LogP contribution in [0.1, 0.15) is 37.1 Å². The highest BCUT2D eigenvalue weighted by Gasteiger charge is 2.35. The van der Waals surface area contributed by atoms with E-state index >= 15 is 0 Å². The summed E-state index contributed by atoms with van der Waals surface area (Å²) in [5.74, 6) is -0.251. The summed E-state index contributed by atoms with van der Waals surface area (Å²) in [5, 5.41) is 0.965. The van der Waals surface area contributed by atoms with E-state index in [-0.39, 0.29) is 17.9 Å². The van der Waals surface area contributed by atoms with Crippen molar-refractivity contribution in [1.29, 1.82) is 0 Å². The highest BCUT2D eigenvalue weighted by Crippen LogP contribution is 2.29. The lowest BCUT2D eigenvalue weighted by molar-refractivity contribution is -0.655. The molecular weight excluding hydrogens is 513 g/mol. The molecule has 0 aliphatic carbocycles. The van der Waals surface area contributed by atoms with Crippen molar-refractivity contribution in [1.82, 2.24) is 18.8 Å². The molecule has 2 N–H and O–H groups in total. The molecule has 0 spiro atoms. The van der Waals surface area contributed by atoms with Crippen molar-refractivity contribution in [3.63, 3.8) is 0 Å². The third-order valence-corrected chi connectivity index (χ3v) is 11.0. The van der Waals surface area contributed by atoms with E-state index in [1.54, 1.807) is 29.0 Å². The minimum atomic E-state index is -3.55. The van der Waals surface area contributed by atoms with Gasteiger partial charge in [-0.1, -0.05) is 12.1 Å². The van der Waals surface area contributed by atoms with Crippen LogP contribution in [0.2, 0.25) is 0 Å². The van der Waals surface area contributed by atoms with Crippen molar-refractivity contribution in [2.75, 3.05) is 44.2 Å². The standard InChI is InChI=1S/C25H35FN7O2S2/c1-19(20-3-5-21(26)6-4-20)33-18-28-15-23(33)16-30-11-13-32(14-12-30)37(34,35)24-17-29(2)25(36-24)31-9-7-22(27)8-10-31/h3-6,15,17-19,22H,7-14,16,27H2,1-2H3/q+1. The van der Waals surface area contributed by atoms with Crippen molar-refractivity contribution in [3.05, 3.63) is 60.1 Å². The molecule has 5 rings (SSSR count). The average Bonchev–Trinajstić information content (AvgIpc) is 3.52. The predicted octanol–water partition coefficient (Wildman–Crippen LogP) is 1.95. The van der Waals surface area contributed by atoms with Crippen molar-refractivity contribution in [2.24, 2.45) is 12.8 Å². The first-order valence-corrected chi connectivity index (χ1v) is 15.0. The second-order valence-corrected chi connectivity index (χ2v) is 13.1. The number of rotatable bonds is 7. The van der Waals surface area contributed by atoms with Crippen LogP contribution in [0.5, 0.6) is 0 Å². The monoisotopic (exact) mass is 548 g/mol. The van der Waals surface area contributed by atoms with Crippen LogP contribution in [-0.4, -0.2) is 72.5 Å². The van der Waals surface area contributed by atoms with Gasteiger partial charge < -0.3 is 10.3 Å². The third-order valence-electron chi connectivity index (χ3n) is 7.43. The Morgan fingerprint density at radius 1 is 1.14 bits per heavy atom. The molecule has 2 saturated heterocycles. The number of halogens is 1. The Morgan fingerprint density at radius 3 is 2.49 bits per heavy atom. The van der Waals surface area contributed by atoms with Crippen molar-refractivity contribution < 1.29 is 17.4 Å². The van der Waals surface area contributed by atoms with E-state index in [1.165, 1.54) is 23.5 Å². The van der Waals surface area contributed by atoms with Gasteiger partial charge in [-0.25, -0.2) is 22.4 Å². The quantitative estimate of drug-likeness (QED) is 0.454.